The Labute approximate surface area is 143 Å². The van der Waals surface area contributed by atoms with E-state index in [0.29, 0.717) is 5.56 Å². The molecule has 8 heteroatoms. The van der Waals surface area contributed by atoms with Crippen LogP contribution in [-0.4, -0.2) is 11.0 Å². The van der Waals surface area contributed by atoms with Crippen LogP contribution in [0.2, 0.25) is 0 Å². The number of thioether (sulfide) groups is 2. The van der Waals surface area contributed by atoms with Crippen LogP contribution in [0.1, 0.15) is 11.1 Å². The third-order valence-corrected chi connectivity index (χ3v) is 4.75. The highest BCUT2D eigenvalue weighted by molar-refractivity contribution is 8.03. The standard InChI is InChI=1S/C16H12F6S2/c1-9-6-10(2)8-11(7-9)12-4-3-5-13(23-15(17,18)19)14(12)24-16(20,21)22/h3-8H,1-2H3. The Morgan fingerprint density at radius 1 is 0.750 bits per heavy atom. The topological polar surface area (TPSA) is 0 Å². The predicted octanol–water partition coefficient (Wildman–Crippen LogP) is 7.19. The van der Waals surface area contributed by atoms with E-state index in [1.807, 2.05) is 6.07 Å². The molecule has 0 aliphatic heterocycles. The lowest BCUT2D eigenvalue weighted by atomic mass is 10.0. The maximum atomic E-state index is 12.9. The highest BCUT2D eigenvalue weighted by atomic mass is 32.2. The first-order chi connectivity index (χ1) is 10.9. The molecule has 130 valence electrons. The Hall–Kier alpha value is -1.28. The molecule has 0 nitrogen and oxygen atoms in total. The molecule has 0 N–H and O–H groups in total. The molecule has 0 spiro atoms. The van der Waals surface area contributed by atoms with E-state index in [1.54, 1.807) is 26.0 Å². The number of benzene rings is 2. The van der Waals surface area contributed by atoms with Crippen molar-refractivity contribution in [2.45, 2.75) is 34.7 Å². The van der Waals surface area contributed by atoms with Crippen molar-refractivity contribution >= 4 is 23.5 Å². The van der Waals surface area contributed by atoms with Gasteiger partial charge in [0.25, 0.3) is 0 Å². The number of aryl methyl sites for hydroxylation is 2. The summed E-state index contributed by atoms with van der Waals surface area (Å²) in [4.78, 5) is -0.890. The Balaban J connectivity index is 2.63. The van der Waals surface area contributed by atoms with Crippen LogP contribution in [0.15, 0.2) is 46.2 Å². The molecule has 2 rings (SSSR count). The fourth-order valence-corrected chi connectivity index (χ4v) is 3.84. The monoisotopic (exact) mass is 382 g/mol. The van der Waals surface area contributed by atoms with Crippen molar-refractivity contribution in [2.24, 2.45) is 0 Å². The normalized spacial score (nSPS) is 12.5. The molecule has 24 heavy (non-hydrogen) atoms. The number of rotatable bonds is 3. The number of alkyl halides is 6. The molecular formula is C16H12F6S2. The van der Waals surface area contributed by atoms with Crippen LogP contribution in [0.5, 0.6) is 0 Å². The van der Waals surface area contributed by atoms with Crippen LogP contribution in [0.3, 0.4) is 0 Å². The van der Waals surface area contributed by atoms with Crippen LogP contribution >= 0.6 is 23.5 Å². The highest BCUT2D eigenvalue weighted by Gasteiger charge is 2.36. The molecule has 0 aromatic heterocycles. The summed E-state index contributed by atoms with van der Waals surface area (Å²) in [5, 5.41) is 0. The molecule has 0 amide bonds. The summed E-state index contributed by atoms with van der Waals surface area (Å²) < 4.78 is 76.7. The molecule has 0 aliphatic rings. The lowest BCUT2D eigenvalue weighted by molar-refractivity contribution is -0.0346. The molecular weight excluding hydrogens is 370 g/mol. The Kier molecular flexibility index (Phi) is 5.49. The van der Waals surface area contributed by atoms with E-state index in [0.717, 1.165) is 17.2 Å². The smallest absolute Gasteiger partial charge is 0.160 e. The van der Waals surface area contributed by atoms with Gasteiger partial charge in [0.05, 0.1) is 0 Å². The van der Waals surface area contributed by atoms with Gasteiger partial charge in [0.1, 0.15) is 0 Å². The molecule has 2 aromatic rings. The van der Waals surface area contributed by atoms with Gasteiger partial charge < -0.3 is 0 Å². The minimum absolute atomic E-state index is 0.137. The third kappa shape index (κ3) is 5.37. The molecule has 0 unspecified atom stereocenters. The molecule has 0 saturated carbocycles. The third-order valence-electron chi connectivity index (χ3n) is 2.96. The van der Waals surface area contributed by atoms with E-state index >= 15 is 0 Å². The summed E-state index contributed by atoms with van der Waals surface area (Å²) in [6, 6.07) is 8.95. The summed E-state index contributed by atoms with van der Waals surface area (Å²) in [6.45, 7) is 3.56. The summed E-state index contributed by atoms with van der Waals surface area (Å²) in [6.07, 6.45) is 0. The van der Waals surface area contributed by atoms with Gasteiger partial charge in [-0.05, 0) is 54.6 Å². The maximum absolute atomic E-state index is 12.9. The Morgan fingerprint density at radius 2 is 1.29 bits per heavy atom. The molecule has 0 aliphatic carbocycles. The fraction of sp³-hybridized carbons (Fsp3) is 0.250. The summed E-state index contributed by atoms with van der Waals surface area (Å²) in [5.74, 6) is 0. The van der Waals surface area contributed by atoms with Gasteiger partial charge in [-0.15, -0.1) is 0 Å². The van der Waals surface area contributed by atoms with Gasteiger partial charge in [-0.2, -0.15) is 26.3 Å². The van der Waals surface area contributed by atoms with Gasteiger partial charge in [0, 0.05) is 9.79 Å². The van der Waals surface area contributed by atoms with Gasteiger partial charge in [0.2, 0.25) is 0 Å². The minimum Gasteiger partial charge on any atom is -0.160 e. The fourth-order valence-electron chi connectivity index (χ4n) is 2.30. The predicted molar refractivity (Wildman–Crippen MR) is 85.2 cm³/mol. The van der Waals surface area contributed by atoms with E-state index in [9.17, 15) is 26.3 Å². The highest BCUT2D eigenvalue weighted by Crippen LogP contribution is 2.49. The second kappa shape index (κ2) is 6.92. The summed E-state index contributed by atoms with van der Waals surface area (Å²) in [7, 11) is 0. The first-order valence-electron chi connectivity index (χ1n) is 6.68. The first kappa shape index (κ1) is 19.1. The second-order valence-corrected chi connectivity index (χ2v) is 7.29. The van der Waals surface area contributed by atoms with Crippen molar-refractivity contribution in [1.82, 2.24) is 0 Å². The van der Waals surface area contributed by atoms with E-state index < -0.39 is 44.3 Å². The van der Waals surface area contributed by atoms with Crippen LogP contribution < -0.4 is 0 Å². The molecule has 0 saturated heterocycles. The Morgan fingerprint density at radius 3 is 1.79 bits per heavy atom. The molecule has 0 atom stereocenters. The van der Waals surface area contributed by atoms with Gasteiger partial charge in [-0.1, -0.05) is 41.5 Å². The van der Waals surface area contributed by atoms with Crippen LogP contribution in [0.25, 0.3) is 11.1 Å². The number of hydrogen-bond acceptors (Lipinski definition) is 2. The lowest BCUT2D eigenvalue weighted by Crippen LogP contribution is -2.04. The van der Waals surface area contributed by atoms with Crippen molar-refractivity contribution in [3.8, 4) is 11.1 Å². The maximum Gasteiger partial charge on any atom is 0.446 e. The Bertz CT molecular complexity index is 714. The quantitative estimate of drug-likeness (QED) is 0.407. The van der Waals surface area contributed by atoms with E-state index in [2.05, 4.69) is 0 Å². The summed E-state index contributed by atoms with van der Waals surface area (Å²) >= 11 is -1.06. The van der Waals surface area contributed by atoms with Crippen molar-refractivity contribution in [3.63, 3.8) is 0 Å². The van der Waals surface area contributed by atoms with Gasteiger partial charge >= 0.3 is 11.0 Å². The van der Waals surface area contributed by atoms with Crippen molar-refractivity contribution in [2.75, 3.05) is 0 Å². The second-order valence-electron chi connectivity index (χ2n) is 5.10. The molecule has 0 radical (unpaired) electrons. The van der Waals surface area contributed by atoms with Crippen molar-refractivity contribution in [3.05, 3.63) is 47.5 Å². The average molecular weight is 382 g/mol. The zero-order chi connectivity index (χ0) is 18.1. The average Bonchev–Trinajstić information content (AvgIpc) is 2.36. The SMILES string of the molecule is Cc1cc(C)cc(-c2cccc(SC(F)(F)F)c2SC(F)(F)F)c1. The number of halogens is 6. The summed E-state index contributed by atoms with van der Waals surface area (Å²) in [5.41, 5.74) is -7.11. The van der Waals surface area contributed by atoms with Gasteiger partial charge in [-0.3, -0.25) is 0 Å². The van der Waals surface area contributed by atoms with Gasteiger partial charge in [-0.25, -0.2) is 0 Å². The molecule has 0 heterocycles. The number of hydrogen-bond donors (Lipinski definition) is 0. The zero-order valence-corrected chi connectivity index (χ0v) is 14.2. The minimum atomic E-state index is -4.68. The van der Waals surface area contributed by atoms with Crippen molar-refractivity contribution in [1.29, 1.82) is 0 Å². The molecule has 0 bridgehead atoms. The van der Waals surface area contributed by atoms with E-state index in [-0.39, 0.29) is 5.56 Å². The van der Waals surface area contributed by atoms with E-state index in [1.165, 1.54) is 12.1 Å². The van der Waals surface area contributed by atoms with Crippen LogP contribution in [0.4, 0.5) is 26.3 Å². The molecule has 0 fully saturated rings. The van der Waals surface area contributed by atoms with Crippen LogP contribution in [0, 0.1) is 13.8 Å². The zero-order valence-electron chi connectivity index (χ0n) is 12.5. The largest absolute Gasteiger partial charge is 0.446 e. The van der Waals surface area contributed by atoms with Gasteiger partial charge in [0.15, 0.2) is 0 Å². The van der Waals surface area contributed by atoms with E-state index in [4.69, 9.17) is 0 Å². The van der Waals surface area contributed by atoms with Crippen LogP contribution in [-0.2, 0) is 0 Å². The van der Waals surface area contributed by atoms with Crippen molar-refractivity contribution < 1.29 is 26.3 Å². The molecule has 2 aromatic carbocycles. The first-order valence-corrected chi connectivity index (χ1v) is 8.31. The lowest BCUT2D eigenvalue weighted by Gasteiger charge is -2.17.